The standard InChI is InChI=1S/C23H16Cl2N2O2S/c1-14-2-10-18(11-3-14)27-22(28)20(26-17-8-4-15(24)5-9-17)21(23(27)29)30-19-12-6-16(25)7-13-19/h2-13,26H,1H3. The first-order chi connectivity index (χ1) is 14.4. The van der Waals surface area contributed by atoms with Crippen LogP contribution in [0.2, 0.25) is 10.0 Å². The fourth-order valence-electron chi connectivity index (χ4n) is 2.94. The number of benzene rings is 3. The number of aryl methyl sites for hydroxylation is 1. The second kappa shape index (κ2) is 8.56. The lowest BCUT2D eigenvalue weighted by atomic mass is 10.2. The largest absolute Gasteiger partial charge is 0.350 e. The second-order valence-electron chi connectivity index (χ2n) is 6.67. The highest BCUT2D eigenvalue weighted by Crippen LogP contribution is 2.38. The van der Waals surface area contributed by atoms with Gasteiger partial charge in [-0.15, -0.1) is 0 Å². The lowest BCUT2D eigenvalue weighted by Gasteiger charge is -2.15. The summed E-state index contributed by atoms with van der Waals surface area (Å²) in [7, 11) is 0. The summed E-state index contributed by atoms with van der Waals surface area (Å²) in [6, 6.07) is 21.3. The van der Waals surface area contributed by atoms with Crippen molar-refractivity contribution >= 4 is 58.2 Å². The van der Waals surface area contributed by atoms with Gasteiger partial charge in [-0.3, -0.25) is 9.59 Å². The molecule has 1 aliphatic rings. The van der Waals surface area contributed by atoms with E-state index < -0.39 is 5.91 Å². The van der Waals surface area contributed by atoms with Crippen molar-refractivity contribution in [3.05, 3.63) is 99.0 Å². The maximum absolute atomic E-state index is 13.3. The highest BCUT2D eigenvalue weighted by Gasteiger charge is 2.40. The molecule has 7 heteroatoms. The summed E-state index contributed by atoms with van der Waals surface area (Å²) in [6.45, 7) is 1.95. The molecule has 3 aromatic rings. The van der Waals surface area contributed by atoms with Gasteiger partial charge in [-0.1, -0.05) is 52.7 Å². The van der Waals surface area contributed by atoms with Crippen LogP contribution in [0.4, 0.5) is 11.4 Å². The Morgan fingerprint density at radius 2 is 1.33 bits per heavy atom. The molecule has 0 fully saturated rings. The van der Waals surface area contributed by atoms with Gasteiger partial charge in [0.15, 0.2) is 0 Å². The Kier molecular flexibility index (Phi) is 5.86. The van der Waals surface area contributed by atoms with Crippen LogP contribution in [-0.2, 0) is 9.59 Å². The third-order valence-corrected chi connectivity index (χ3v) is 6.08. The van der Waals surface area contributed by atoms with Crippen molar-refractivity contribution in [2.75, 3.05) is 10.2 Å². The van der Waals surface area contributed by atoms with Crippen molar-refractivity contribution in [3.8, 4) is 0 Å². The number of amides is 2. The fraction of sp³-hybridized carbons (Fsp3) is 0.0435. The van der Waals surface area contributed by atoms with E-state index >= 15 is 0 Å². The lowest BCUT2D eigenvalue weighted by Crippen LogP contribution is -2.32. The number of nitrogens with one attached hydrogen (secondary N) is 1. The smallest absolute Gasteiger partial charge is 0.283 e. The Hall–Kier alpha value is -2.73. The number of carbonyl (C=O) groups excluding carboxylic acids is 2. The summed E-state index contributed by atoms with van der Waals surface area (Å²) >= 11 is 13.2. The maximum Gasteiger partial charge on any atom is 0.283 e. The van der Waals surface area contributed by atoms with Gasteiger partial charge in [-0.25, -0.2) is 4.90 Å². The Morgan fingerprint density at radius 1 is 0.767 bits per heavy atom. The molecule has 1 heterocycles. The van der Waals surface area contributed by atoms with Crippen LogP contribution in [0.5, 0.6) is 0 Å². The summed E-state index contributed by atoms with van der Waals surface area (Å²) in [5.41, 5.74) is 2.46. The molecule has 0 saturated heterocycles. The van der Waals surface area contributed by atoms with Crippen molar-refractivity contribution in [3.63, 3.8) is 0 Å². The summed E-state index contributed by atoms with van der Waals surface area (Å²) in [4.78, 5) is 28.8. The first-order valence-electron chi connectivity index (χ1n) is 9.08. The molecule has 4 nitrogen and oxygen atoms in total. The molecule has 0 bridgehead atoms. The van der Waals surface area contributed by atoms with Crippen molar-refractivity contribution in [1.82, 2.24) is 0 Å². The molecule has 0 aliphatic carbocycles. The van der Waals surface area contributed by atoms with Crippen LogP contribution >= 0.6 is 35.0 Å². The Bertz CT molecular complexity index is 1070. The zero-order chi connectivity index (χ0) is 21.3. The van der Waals surface area contributed by atoms with Crippen LogP contribution in [-0.4, -0.2) is 11.8 Å². The Balaban J connectivity index is 1.73. The van der Waals surface area contributed by atoms with Gasteiger partial charge in [0, 0.05) is 20.6 Å². The van der Waals surface area contributed by atoms with Crippen LogP contribution in [0.3, 0.4) is 0 Å². The molecule has 0 unspecified atom stereocenters. The summed E-state index contributed by atoms with van der Waals surface area (Å²) < 4.78 is 0. The van der Waals surface area contributed by atoms with Crippen molar-refractivity contribution in [2.24, 2.45) is 0 Å². The number of hydrogen-bond acceptors (Lipinski definition) is 4. The van der Waals surface area contributed by atoms with E-state index in [0.717, 1.165) is 10.5 Å². The van der Waals surface area contributed by atoms with E-state index in [4.69, 9.17) is 23.2 Å². The molecule has 0 saturated carbocycles. The Morgan fingerprint density at radius 3 is 1.93 bits per heavy atom. The number of rotatable bonds is 5. The first kappa shape index (κ1) is 20.5. The molecule has 150 valence electrons. The minimum Gasteiger partial charge on any atom is -0.350 e. The number of anilines is 2. The van der Waals surface area contributed by atoms with Gasteiger partial charge in [0.1, 0.15) is 10.6 Å². The predicted octanol–water partition coefficient (Wildman–Crippen LogP) is 6.29. The molecule has 30 heavy (non-hydrogen) atoms. The number of hydrogen-bond donors (Lipinski definition) is 1. The summed E-state index contributed by atoms with van der Waals surface area (Å²) in [5.74, 6) is -0.782. The molecule has 3 aromatic carbocycles. The third-order valence-electron chi connectivity index (χ3n) is 4.48. The predicted molar refractivity (Wildman–Crippen MR) is 123 cm³/mol. The molecule has 4 rings (SSSR count). The molecule has 0 radical (unpaired) electrons. The van der Waals surface area contributed by atoms with Crippen LogP contribution in [0.1, 0.15) is 5.56 Å². The number of carbonyl (C=O) groups is 2. The number of thioether (sulfide) groups is 1. The number of halogens is 2. The van der Waals surface area contributed by atoms with Gasteiger partial charge < -0.3 is 5.32 Å². The molecular weight excluding hydrogens is 439 g/mol. The third kappa shape index (κ3) is 4.24. The van der Waals surface area contributed by atoms with E-state index in [9.17, 15) is 9.59 Å². The van der Waals surface area contributed by atoms with Gasteiger partial charge in [0.05, 0.1) is 5.69 Å². The van der Waals surface area contributed by atoms with Crippen LogP contribution in [0, 0.1) is 6.92 Å². The molecule has 0 aromatic heterocycles. The summed E-state index contributed by atoms with van der Waals surface area (Å²) in [5, 5.41) is 4.29. The van der Waals surface area contributed by atoms with E-state index in [2.05, 4.69) is 5.32 Å². The lowest BCUT2D eigenvalue weighted by molar-refractivity contribution is -0.120. The summed E-state index contributed by atoms with van der Waals surface area (Å²) in [6.07, 6.45) is 0. The topological polar surface area (TPSA) is 49.4 Å². The highest BCUT2D eigenvalue weighted by atomic mass is 35.5. The Labute approximate surface area is 188 Å². The average molecular weight is 455 g/mol. The van der Waals surface area contributed by atoms with Crippen molar-refractivity contribution in [2.45, 2.75) is 11.8 Å². The molecule has 0 atom stereocenters. The van der Waals surface area contributed by atoms with Gasteiger partial charge in [0.25, 0.3) is 11.8 Å². The van der Waals surface area contributed by atoms with Crippen LogP contribution in [0.15, 0.2) is 88.3 Å². The average Bonchev–Trinajstić information content (AvgIpc) is 2.96. The van der Waals surface area contributed by atoms with Gasteiger partial charge >= 0.3 is 0 Å². The van der Waals surface area contributed by atoms with Crippen LogP contribution in [0.25, 0.3) is 0 Å². The van der Waals surface area contributed by atoms with E-state index in [0.29, 0.717) is 26.3 Å². The van der Waals surface area contributed by atoms with Crippen LogP contribution < -0.4 is 10.2 Å². The molecule has 2 amide bonds. The van der Waals surface area contributed by atoms with Gasteiger partial charge in [-0.05, 0) is 67.6 Å². The minimum absolute atomic E-state index is 0.225. The van der Waals surface area contributed by atoms with E-state index in [1.165, 1.54) is 16.7 Å². The zero-order valence-corrected chi connectivity index (χ0v) is 18.2. The number of imide groups is 1. The number of nitrogens with zero attached hydrogens (tertiary/aromatic N) is 1. The quantitative estimate of drug-likeness (QED) is 0.460. The SMILES string of the molecule is Cc1ccc(N2C(=O)C(Nc3ccc(Cl)cc3)=C(Sc3ccc(Cl)cc3)C2=O)cc1. The normalized spacial score (nSPS) is 13.9. The maximum atomic E-state index is 13.3. The molecular formula is C23H16Cl2N2O2S. The second-order valence-corrected chi connectivity index (χ2v) is 8.63. The van der Waals surface area contributed by atoms with Gasteiger partial charge in [-0.2, -0.15) is 0 Å². The minimum atomic E-state index is -0.407. The van der Waals surface area contributed by atoms with Crippen molar-refractivity contribution < 1.29 is 9.59 Å². The van der Waals surface area contributed by atoms with E-state index in [1.54, 1.807) is 48.5 Å². The monoisotopic (exact) mass is 454 g/mol. The molecule has 0 spiro atoms. The van der Waals surface area contributed by atoms with Crippen molar-refractivity contribution in [1.29, 1.82) is 0 Å². The van der Waals surface area contributed by atoms with Gasteiger partial charge in [0.2, 0.25) is 0 Å². The van der Waals surface area contributed by atoms with E-state index in [-0.39, 0.29) is 11.6 Å². The first-order valence-corrected chi connectivity index (χ1v) is 10.7. The highest BCUT2D eigenvalue weighted by molar-refractivity contribution is 8.04. The zero-order valence-electron chi connectivity index (χ0n) is 15.9. The fourth-order valence-corrected chi connectivity index (χ4v) is 4.12. The molecule has 1 aliphatic heterocycles. The molecule has 1 N–H and O–H groups in total. The van der Waals surface area contributed by atoms with E-state index in [1.807, 2.05) is 31.2 Å².